The minimum absolute atomic E-state index is 0.487. The Morgan fingerprint density at radius 1 is 1.60 bits per heavy atom. The van der Waals surface area contributed by atoms with Gasteiger partial charge in [0.25, 0.3) is 6.47 Å². The van der Waals surface area contributed by atoms with Crippen molar-refractivity contribution >= 4 is 6.47 Å². The first-order chi connectivity index (χ1) is 4.77. The first-order valence-electron chi connectivity index (χ1n) is 3.47. The number of allylic oxidation sites excluding steroid dienone is 1. The van der Waals surface area contributed by atoms with Crippen molar-refractivity contribution in [1.82, 2.24) is 0 Å². The molecule has 0 aromatic rings. The first kappa shape index (κ1) is 9.21. The molecule has 0 spiro atoms. The van der Waals surface area contributed by atoms with Crippen molar-refractivity contribution in [3.05, 3.63) is 12.2 Å². The highest BCUT2D eigenvalue weighted by Crippen LogP contribution is 2.02. The van der Waals surface area contributed by atoms with E-state index in [0.717, 1.165) is 19.3 Å². The van der Waals surface area contributed by atoms with Crippen LogP contribution < -0.4 is 0 Å². The van der Waals surface area contributed by atoms with E-state index in [1.54, 1.807) is 0 Å². The Balaban J connectivity index is 2.90. The molecule has 58 valence electrons. The van der Waals surface area contributed by atoms with Crippen LogP contribution in [0.25, 0.3) is 0 Å². The number of hydrogen-bond acceptors (Lipinski definition) is 2. The number of rotatable bonds is 6. The molecule has 0 amide bonds. The number of hydrogen-bond donors (Lipinski definition) is 0. The van der Waals surface area contributed by atoms with Gasteiger partial charge in [-0.1, -0.05) is 5.57 Å². The number of unbranched alkanes of at least 4 members (excludes halogenated alkanes) is 1. The van der Waals surface area contributed by atoms with Crippen molar-refractivity contribution in [3.8, 4) is 0 Å². The van der Waals surface area contributed by atoms with E-state index in [1.807, 2.05) is 6.92 Å². The maximum absolute atomic E-state index is 9.66. The summed E-state index contributed by atoms with van der Waals surface area (Å²) in [6.45, 7) is 6.79. The van der Waals surface area contributed by atoms with Crippen molar-refractivity contribution in [1.29, 1.82) is 0 Å². The van der Waals surface area contributed by atoms with Crippen LogP contribution in [-0.4, -0.2) is 13.1 Å². The Bertz CT molecular complexity index is 108. The average molecular weight is 142 g/mol. The van der Waals surface area contributed by atoms with E-state index in [4.69, 9.17) is 0 Å². The molecule has 2 heteroatoms. The maximum Gasteiger partial charge on any atom is 0.293 e. The summed E-state index contributed by atoms with van der Waals surface area (Å²) in [6, 6.07) is 0. The molecule has 0 fully saturated rings. The Morgan fingerprint density at radius 3 is 2.80 bits per heavy atom. The Labute approximate surface area is 61.9 Å². The van der Waals surface area contributed by atoms with Crippen LogP contribution in [0.3, 0.4) is 0 Å². The van der Waals surface area contributed by atoms with Gasteiger partial charge in [-0.2, -0.15) is 0 Å². The first-order valence-corrected chi connectivity index (χ1v) is 3.47. The standard InChI is InChI=1S/C8H14O2/c1-8(2)5-3-4-6-10-7-9/h7H,1,3-6H2,2H3. The molecule has 0 aliphatic heterocycles. The summed E-state index contributed by atoms with van der Waals surface area (Å²) in [5.41, 5.74) is 1.19. The highest BCUT2D eigenvalue weighted by molar-refractivity contribution is 5.36. The lowest BCUT2D eigenvalue weighted by molar-refractivity contribution is -0.128. The zero-order chi connectivity index (χ0) is 7.82. The monoisotopic (exact) mass is 142 g/mol. The molecule has 0 aromatic heterocycles. The molecule has 0 saturated carbocycles. The largest absolute Gasteiger partial charge is 0.468 e. The lowest BCUT2D eigenvalue weighted by atomic mass is 10.1. The van der Waals surface area contributed by atoms with Crippen molar-refractivity contribution in [2.45, 2.75) is 26.2 Å². The Hall–Kier alpha value is -0.790. The van der Waals surface area contributed by atoms with Crippen LogP contribution in [0.2, 0.25) is 0 Å². The van der Waals surface area contributed by atoms with Gasteiger partial charge in [0, 0.05) is 0 Å². The third-order valence-electron chi connectivity index (χ3n) is 1.18. The molecular weight excluding hydrogens is 128 g/mol. The SMILES string of the molecule is C=C(C)CCCCOC=O. The fourth-order valence-corrected chi connectivity index (χ4v) is 0.660. The van der Waals surface area contributed by atoms with E-state index in [9.17, 15) is 4.79 Å². The predicted octanol–water partition coefficient (Wildman–Crippen LogP) is 1.91. The zero-order valence-electron chi connectivity index (χ0n) is 6.43. The molecular formula is C8H14O2. The summed E-state index contributed by atoms with van der Waals surface area (Å²) < 4.78 is 4.51. The van der Waals surface area contributed by atoms with Crippen LogP contribution in [0.4, 0.5) is 0 Å². The second-order valence-electron chi connectivity index (χ2n) is 2.38. The molecule has 0 rings (SSSR count). The smallest absolute Gasteiger partial charge is 0.293 e. The Morgan fingerprint density at radius 2 is 2.30 bits per heavy atom. The van der Waals surface area contributed by atoms with Gasteiger partial charge in [-0.15, -0.1) is 6.58 Å². The van der Waals surface area contributed by atoms with Gasteiger partial charge >= 0.3 is 0 Å². The van der Waals surface area contributed by atoms with Crippen LogP contribution >= 0.6 is 0 Å². The normalized spacial score (nSPS) is 8.90. The van der Waals surface area contributed by atoms with Gasteiger partial charge in [-0.3, -0.25) is 4.79 Å². The molecule has 0 radical (unpaired) electrons. The summed E-state index contributed by atoms with van der Waals surface area (Å²) in [4.78, 5) is 9.66. The van der Waals surface area contributed by atoms with E-state index in [1.165, 1.54) is 5.57 Å². The molecule has 0 aliphatic rings. The molecule has 0 aromatic carbocycles. The molecule has 10 heavy (non-hydrogen) atoms. The predicted molar refractivity (Wildman–Crippen MR) is 40.7 cm³/mol. The summed E-state index contributed by atoms with van der Waals surface area (Å²) >= 11 is 0. The third kappa shape index (κ3) is 7.21. The molecule has 0 atom stereocenters. The highest BCUT2D eigenvalue weighted by atomic mass is 16.5. The van der Waals surface area contributed by atoms with E-state index in [-0.39, 0.29) is 0 Å². The van der Waals surface area contributed by atoms with E-state index in [0.29, 0.717) is 13.1 Å². The van der Waals surface area contributed by atoms with Crippen LogP contribution in [0.15, 0.2) is 12.2 Å². The molecule has 2 nitrogen and oxygen atoms in total. The van der Waals surface area contributed by atoms with Crippen LogP contribution in [0.1, 0.15) is 26.2 Å². The summed E-state index contributed by atoms with van der Waals surface area (Å²) in [5.74, 6) is 0. The third-order valence-corrected chi connectivity index (χ3v) is 1.18. The van der Waals surface area contributed by atoms with Crippen molar-refractivity contribution in [2.24, 2.45) is 0 Å². The second-order valence-corrected chi connectivity index (χ2v) is 2.38. The van der Waals surface area contributed by atoms with Crippen LogP contribution in [0, 0.1) is 0 Å². The van der Waals surface area contributed by atoms with Gasteiger partial charge in [0.15, 0.2) is 0 Å². The van der Waals surface area contributed by atoms with E-state index in [2.05, 4.69) is 11.3 Å². The summed E-state index contributed by atoms with van der Waals surface area (Å²) in [6.07, 6.45) is 3.02. The number of carbonyl (C=O) groups is 1. The average Bonchev–Trinajstić information content (AvgIpc) is 1.87. The molecule has 0 aliphatic carbocycles. The quantitative estimate of drug-likeness (QED) is 0.321. The van der Waals surface area contributed by atoms with E-state index < -0.39 is 0 Å². The minimum Gasteiger partial charge on any atom is -0.468 e. The molecule has 0 bridgehead atoms. The van der Waals surface area contributed by atoms with Crippen molar-refractivity contribution in [3.63, 3.8) is 0 Å². The Kier molecular flexibility index (Phi) is 5.83. The fourth-order valence-electron chi connectivity index (χ4n) is 0.660. The minimum atomic E-state index is 0.487. The van der Waals surface area contributed by atoms with Gasteiger partial charge in [0.2, 0.25) is 0 Å². The number of carbonyl (C=O) groups excluding carboxylic acids is 1. The lowest BCUT2D eigenvalue weighted by Crippen LogP contribution is -1.91. The van der Waals surface area contributed by atoms with Crippen LogP contribution in [-0.2, 0) is 9.53 Å². The second kappa shape index (κ2) is 6.33. The topological polar surface area (TPSA) is 26.3 Å². The van der Waals surface area contributed by atoms with Gasteiger partial charge in [-0.25, -0.2) is 0 Å². The van der Waals surface area contributed by atoms with Crippen LogP contribution in [0.5, 0.6) is 0 Å². The molecule has 0 unspecified atom stereocenters. The van der Waals surface area contributed by atoms with E-state index >= 15 is 0 Å². The summed E-state index contributed by atoms with van der Waals surface area (Å²) in [7, 11) is 0. The van der Waals surface area contributed by atoms with Gasteiger partial charge in [-0.05, 0) is 26.2 Å². The fraction of sp³-hybridized carbons (Fsp3) is 0.625. The maximum atomic E-state index is 9.66. The highest BCUT2D eigenvalue weighted by Gasteiger charge is 1.88. The lowest BCUT2D eigenvalue weighted by Gasteiger charge is -1.98. The molecule has 0 saturated heterocycles. The van der Waals surface area contributed by atoms with Gasteiger partial charge in [0.05, 0.1) is 6.61 Å². The number of ether oxygens (including phenoxy) is 1. The van der Waals surface area contributed by atoms with Crippen molar-refractivity contribution < 1.29 is 9.53 Å². The molecule has 0 heterocycles. The van der Waals surface area contributed by atoms with Gasteiger partial charge < -0.3 is 4.74 Å². The molecule has 0 N–H and O–H groups in total. The van der Waals surface area contributed by atoms with Gasteiger partial charge in [0.1, 0.15) is 0 Å². The zero-order valence-corrected chi connectivity index (χ0v) is 6.43. The summed E-state index contributed by atoms with van der Waals surface area (Å²) in [5, 5.41) is 0. The van der Waals surface area contributed by atoms with Crippen molar-refractivity contribution in [2.75, 3.05) is 6.61 Å².